The van der Waals surface area contributed by atoms with Gasteiger partial charge in [-0.1, -0.05) is 12.1 Å². The minimum Gasteiger partial charge on any atom is -0.393 e. The van der Waals surface area contributed by atoms with Crippen LogP contribution >= 0.6 is 0 Å². The maximum atomic E-state index is 12.7. The predicted molar refractivity (Wildman–Crippen MR) is 113 cm³/mol. The van der Waals surface area contributed by atoms with Gasteiger partial charge in [0.05, 0.1) is 18.0 Å². The van der Waals surface area contributed by atoms with Crippen LogP contribution in [0.4, 0.5) is 5.82 Å². The summed E-state index contributed by atoms with van der Waals surface area (Å²) in [4.78, 5) is 25.9. The van der Waals surface area contributed by atoms with Crippen LogP contribution < -0.4 is 4.90 Å². The Morgan fingerprint density at radius 2 is 1.97 bits per heavy atom. The van der Waals surface area contributed by atoms with E-state index in [0.717, 1.165) is 48.7 Å². The number of nitrogens with zero attached hydrogens (tertiary/aromatic N) is 5. The van der Waals surface area contributed by atoms with Crippen molar-refractivity contribution < 1.29 is 9.90 Å². The van der Waals surface area contributed by atoms with E-state index in [1.807, 2.05) is 59.8 Å². The van der Waals surface area contributed by atoms with E-state index in [1.165, 1.54) is 0 Å². The molecule has 1 aromatic carbocycles. The number of carbonyl (C=O) groups excluding carboxylic acids is 1. The molecule has 0 atom stereocenters. The smallest absolute Gasteiger partial charge is 0.253 e. The number of carbonyl (C=O) groups is 1. The molecular formula is C22H27N5O2. The lowest BCUT2D eigenvalue weighted by Crippen LogP contribution is -2.36. The van der Waals surface area contributed by atoms with Crippen molar-refractivity contribution in [3.8, 4) is 11.3 Å². The van der Waals surface area contributed by atoms with Crippen LogP contribution in [0.15, 0.2) is 42.9 Å². The summed E-state index contributed by atoms with van der Waals surface area (Å²) < 4.78 is 2.02. The third-order valence-corrected chi connectivity index (χ3v) is 5.63. The second-order valence-corrected chi connectivity index (χ2v) is 7.36. The van der Waals surface area contributed by atoms with E-state index in [0.29, 0.717) is 18.7 Å². The fourth-order valence-corrected chi connectivity index (χ4v) is 3.92. The van der Waals surface area contributed by atoms with Gasteiger partial charge in [0.1, 0.15) is 0 Å². The standard InChI is InChI=1S/C22H27N5O2/c1-3-25(4-2)22(29)17-7-5-6-16(14-17)19-15-24-21-20(23-10-13-27(19)21)26-11-8-18(28)9-12-26/h5-7,10,13-15,18,28H,3-4,8-9,11-12H2,1-2H3. The Morgan fingerprint density at radius 3 is 2.69 bits per heavy atom. The first-order valence-corrected chi connectivity index (χ1v) is 10.3. The van der Waals surface area contributed by atoms with Crippen LogP contribution in [-0.4, -0.2) is 62.6 Å². The van der Waals surface area contributed by atoms with Gasteiger partial charge in [0.15, 0.2) is 11.5 Å². The highest BCUT2D eigenvalue weighted by Crippen LogP contribution is 2.27. The molecule has 3 aromatic rings. The monoisotopic (exact) mass is 393 g/mol. The molecule has 3 heterocycles. The van der Waals surface area contributed by atoms with Gasteiger partial charge in [-0.25, -0.2) is 9.97 Å². The van der Waals surface area contributed by atoms with Crippen molar-refractivity contribution in [3.05, 3.63) is 48.4 Å². The minimum absolute atomic E-state index is 0.0416. The molecule has 0 aliphatic carbocycles. The van der Waals surface area contributed by atoms with Crippen LogP contribution in [0.3, 0.4) is 0 Å². The Kier molecular flexibility index (Phi) is 5.49. The number of anilines is 1. The number of imidazole rings is 1. The van der Waals surface area contributed by atoms with E-state index in [2.05, 4.69) is 14.9 Å². The summed E-state index contributed by atoms with van der Waals surface area (Å²) >= 11 is 0. The molecule has 0 spiro atoms. The fraction of sp³-hybridized carbons (Fsp3) is 0.409. The number of aliphatic hydroxyl groups is 1. The topological polar surface area (TPSA) is 74.0 Å². The van der Waals surface area contributed by atoms with E-state index in [4.69, 9.17) is 0 Å². The molecule has 2 aromatic heterocycles. The van der Waals surface area contributed by atoms with Gasteiger partial charge in [0.25, 0.3) is 5.91 Å². The Hall–Kier alpha value is -2.93. The van der Waals surface area contributed by atoms with E-state index in [1.54, 1.807) is 6.20 Å². The number of hydrogen-bond donors (Lipinski definition) is 1. The maximum Gasteiger partial charge on any atom is 0.253 e. The van der Waals surface area contributed by atoms with Gasteiger partial charge in [-0.15, -0.1) is 0 Å². The Bertz CT molecular complexity index is 1000. The summed E-state index contributed by atoms with van der Waals surface area (Å²) in [7, 11) is 0. The number of fused-ring (bicyclic) bond motifs is 1. The Morgan fingerprint density at radius 1 is 1.21 bits per heavy atom. The average Bonchev–Trinajstić information content (AvgIpc) is 3.19. The van der Waals surface area contributed by atoms with Gasteiger partial charge in [-0.2, -0.15) is 0 Å². The first-order chi connectivity index (χ1) is 14.1. The quantitative estimate of drug-likeness (QED) is 0.722. The lowest BCUT2D eigenvalue weighted by atomic mass is 10.1. The lowest BCUT2D eigenvalue weighted by molar-refractivity contribution is 0.0773. The molecule has 152 valence electrons. The molecule has 7 heteroatoms. The zero-order chi connectivity index (χ0) is 20.4. The minimum atomic E-state index is -0.229. The highest BCUT2D eigenvalue weighted by atomic mass is 16.3. The molecule has 1 aliphatic rings. The number of rotatable bonds is 5. The van der Waals surface area contributed by atoms with Crippen molar-refractivity contribution in [2.24, 2.45) is 0 Å². The van der Waals surface area contributed by atoms with E-state index in [9.17, 15) is 9.90 Å². The predicted octanol–water partition coefficient (Wildman–Crippen LogP) is 2.84. The van der Waals surface area contributed by atoms with Crippen LogP contribution in [0.5, 0.6) is 0 Å². The van der Waals surface area contributed by atoms with Gasteiger partial charge < -0.3 is 14.9 Å². The van der Waals surface area contributed by atoms with Crippen molar-refractivity contribution in [1.29, 1.82) is 0 Å². The molecule has 1 fully saturated rings. The maximum absolute atomic E-state index is 12.7. The summed E-state index contributed by atoms with van der Waals surface area (Å²) in [5.41, 5.74) is 3.34. The number of aliphatic hydroxyl groups excluding tert-OH is 1. The summed E-state index contributed by atoms with van der Waals surface area (Å²) in [6.45, 7) is 6.89. The number of benzene rings is 1. The van der Waals surface area contributed by atoms with Crippen LogP contribution in [0, 0.1) is 0 Å². The van der Waals surface area contributed by atoms with Crippen LogP contribution in [0.25, 0.3) is 16.9 Å². The van der Waals surface area contributed by atoms with Gasteiger partial charge in [-0.3, -0.25) is 9.20 Å². The summed E-state index contributed by atoms with van der Waals surface area (Å²) in [6.07, 6.45) is 6.77. The van der Waals surface area contributed by atoms with Gasteiger partial charge in [-0.05, 0) is 38.8 Å². The SMILES string of the molecule is CCN(CC)C(=O)c1cccc(-c2cnc3c(N4CCC(O)CC4)nccn23)c1. The number of piperidine rings is 1. The van der Waals surface area contributed by atoms with Gasteiger partial charge >= 0.3 is 0 Å². The van der Waals surface area contributed by atoms with Gasteiger partial charge in [0.2, 0.25) is 0 Å². The number of hydrogen-bond acceptors (Lipinski definition) is 5. The first-order valence-electron chi connectivity index (χ1n) is 10.3. The summed E-state index contributed by atoms with van der Waals surface area (Å²) in [5.74, 6) is 0.876. The second-order valence-electron chi connectivity index (χ2n) is 7.36. The van der Waals surface area contributed by atoms with Crippen LogP contribution in [0.1, 0.15) is 37.0 Å². The Balaban J connectivity index is 1.70. The molecule has 1 N–H and O–H groups in total. The van der Waals surface area contributed by atoms with Crippen molar-refractivity contribution >= 4 is 17.4 Å². The van der Waals surface area contributed by atoms with E-state index in [-0.39, 0.29) is 12.0 Å². The van der Waals surface area contributed by atoms with E-state index < -0.39 is 0 Å². The molecule has 1 amide bonds. The average molecular weight is 393 g/mol. The summed E-state index contributed by atoms with van der Waals surface area (Å²) in [5, 5.41) is 9.79. The van der Waals surface area contributed by atoms with Crippen molar-refractivity contribution in [2.75, 3.05) is 31.1 Å². The number of aromatic nitrogens is 3. The van der Waals surface area contributed by atoms with Crippen LogP contribution in [0.2, 0.25) is 0 Å². The molecule has 29 heavy (non-hydrogen) atoms. The summed E-state index contributed by atoms with van der Waals surface area (Å²) in [6, 6.07) is 7.71. The lowest BCUT2D eigenvalue weighted by Gasteiger charge is -2.30. The van der Waals surface area contributed by atoms with Crippen LogP contribution in [-0.2, 0) is 0 Å². The largest absolute Gasteiger partial charge is 0.393 e. The van der Waals surface area contributed by atoms with Crippen molar-refractivity contribution in [1.82, 2.24) is 19.3 Å². The zero-order valence-corrected chi connectivity index (χ0v) is 17.0. The highest BCUT2D eigenvalue weighted by Gasteiger charge is 2.22. The highest BCUT2D eigenvalue weighted by molar-refractivity contribution is 5.95. The van der Waals surface area contributed by atoms with Crippen molar-refractivity contribution in [2.45, 2.75) is 32.8 Å². The molecule has 4 rings (SSSR count). The fourth-order valence-electron chi connectivity index (χ4n) is 3.92. The Labute approximate surface area is 170 Å². The molecule has 1 aliphatic heterocycles. The molecule has 0 saturated carbocycles. The normalized spacial score (nSPS) is 15.1. The van der Waals surface area contributed by atoms with E-state index >= 15 is 0 Å². The van der Waals surface area contributed by atoms with Gasteiger partial charge in [0, 0.05) is 49.7 Å². The third kappa shape index (κ3) is 3.70. The molecule has 0 bridgehead atoms. The zero-order valence-electron chi connectivity index (χ0n) is 17.0. The molecule has 7 nitrogen and oxygen atoms in total. The third-order valence-electron chi connectivity index (χ3n) is 5.63. The van der Waals surface area contributed by atoms with Crippen molar-refractivity contribution in [3.63, 3.8) is 0 Å². The molecule has 0 unspecified atom stereocenters. The molecule has 0 radical (unpaired) electrons. The molecule has 1 saturated heterocycles. The second kappa shape index (κ2) is 8.21. The number of amides is 1. The first kappa shape index (κ1) is 19.4. The molecular weight excluding hydrogens is 366 g/mol.